The molecular formula is C22H27NO6. The summed E-state index contributed by atoms with van der Waals surface area (Å²) in [5, 5.41) is 0.881. The fourth-order valence-corrected chi connectivity index (χ4v) is 3.64. The van der Waals surface area contributed by atoms with Crippen molar-refractivity contribution in [1.29, 1.82) is 0 Å². The van der Waals surface area contributed by atoms with Gasteiger partial charge in [0, 0.05) is 30.6 Å². The van der Waals surface area contributed by atoms with E-state index in [2.05, 4.69) is 6.92 Å². The van der Waals surface area contributed by atoms with E-state index in [-0.39, 0.29) is 24.4 Å². The molecule has 7 heteroatoms. The molecule has 1 saturated heterocycles. The molecule has 0 saturated carbocycles. The largest absolute Gasteiger partial charge is 0.484 e. The maximum atomic E-state index is 12.4. The lowest BCUT2D eigenvalue weighted by molar-refractivity contribution is -0.151. The lowest BCUT2D eigenvalue weighted by Gasteiger charge is -2.30. The van der Waals surface area contributed by atoms with Crippen LogP contribution in [0.4, 0.5) is 0 Å². The van der Waals surface area contributed by atoms with Gasteiger partial charge in [-0.05, 0) is 43.9 Å². The Balaban J connectivity index is 1.58. The van der Waals surface area contributed by atoms with E-state index in [1.54, 1.807) is 24.0 Å². The fourth-order valence-electron chi connectivity index (χ4n) is 3.64. The number of hydrogen-bond acceptors (Lipinski definition) is 6. The average molecular weight is 401 g/mol. The number of piperidine rings is 1. The SMILES string of the molecule is CCCc1cc(=O)oc2cc(OCC(=O)N3CCC(C(=O)OCC)CC3)ccc12. The van der Waals surface area contributed by atoms with E-state index in [0.717, 1.165) is 23.8 Å². The molecule has 0 unspecified atom stereocenters. The van der Waals surface area contributed by atoms with Crippen molar-refractivity contribution >= 4 is 22.8 Å². The van der Waals surface area contributed by atoms with Gasteiger partial charge >= 0.3 is 11.6 Å². The fraction of sp³-hybridized carbons (Fsp3) is 0.500. The van der Waals surface area contributed by atoms with Gasteiger partial charge in [0.05, 0.1) is 12.5 Å². The molecule has 0 radical (unpaired) electrons. The molecule has 29 heavy (non-hydrogen) atoms. The van der Waals surface area contributed by atoms with Crippen LogP contribution in [0.2, 0.25) is 0 Å². The van der Waals surface area contributed by atoms with Crippen molar-refractivity contribution in [3.05, 3.63) is 40.2 Å². The lowest BCUT2D eigenvalue weighted by atomic mass is 9.97. The van der Waals surface area contributed by atoms with Gasteiger partial charge in [-0.1, -0.05) is 13.3 Å². The molecule has 0 N–H and O–H groups in total. The number of aryl methyl sites for hydroxylation is 1. The van der Waals surface area contributed by atoms with Gasteiger partial charge in [-0.2, -0.15) is 0 Å². The van der Waals surface area contributed by atoms with Crippen LogP contribution in [0.3, 0.4) is 0 Å². The van der Waals surface area contributed by atoms with Crippen LogP contribution >= 0.6 is 0 Å². The van der Waals surface area contributed by atoms with Gasteiger partial charge in [0.1, 0.15) is 11.3 Å². The predicted molar refractivity (Wildman–Crippen MR) is 108 cm³/mol. The van der Waals surface area contributed by atoms with Crippen molar-refractivity contribution in [2.24, 2.45) is 5.92 Å². The topological polar surface area (TPSA) is 86.0 Å². The number of esters is 1. The van der Waals surface area contributed by atoms with Crippen LogP contribution in [0, 0.1) is 5.92 Å². The molecule has 0 atom stereocenters. The Morgan fingerprint density at radius 2 is 1.93 bits per heavy atom. The second-order valence-electron chi connectivity index (χ2n) is 7.19. The van der Waals surface area contributed by atoms with E-state index >= 15 is 0 Å². The molecule has 0 spiro atoms. The minimum absolute atomic E-state index is 0.103. The zero-order valence-electron chi connectivity index (χ0n) is 16.9. The highest BCUT2D eigenvalue weighted by Gasteiger charge is 2.28. The summed E-state index contributed by atoms with van der Waals surface area (Å²) in [4.78, 5) is 37.7. The standard InChI is InChI=1S/C22H27NO6/c1-3-5-16-12-21(25)29-19-13-17(6-7-18(16)19)28-14-20(24)23-10-8-15(9-11-23)22(26)27-4-2/h6-7,12-13,15H,3-5,8-11,14H2,1-2H3. The number of carbonyl (C=O) groups is 2. The van der Waals surface area contributed by atoms with Crippen molar-refractivity contribution in [2.75, 3.05) is 26.3 Å². The van der Waals surface area contributed by atoms with Gasteiger partial charge in [0.2, 0.25) is 0 Å². The molecule has 2 heterocycles. The Morgan fingerprint density at radius 1 is 1.17 bits per heavy atom. The summed E-state index contributed by atoms with van der Waals surface area (Å²) in [6, 6.07) is 6.81. The number of hydrogen-bond donors (Lipinski definition) is 0. The summed E-state index contributed by atoms with van der Waals surface area (Å²) in [6.07, 6.45) is 2.93. The molecule has 7 nitrogen and oxygen atoms in total. The molecule has 1 aromatic heterocycles. The van der Waals surface area contributed by atoms with Crippen LogP contribution in [0.5, 0.6) is 5.75 Å². The first-order chi connectivity index (χ1) is 14.0. The molecule has 2 aromatic rings. The van der Waals surface area contributed by atoms with Gasteiger partial charge in [0.25, 0.3) is 5.91 Å². The molecular weight excluding hydrogens is 374 g/mol. The minimum Gasteiger partial charge on any atom is -0.484 e. The Morgan fingerprint density at radius 3 is 2.62 bits per heavy atom. The van der Waals surface area contributed by atoms with Crippen molar-refractivity contribution in [2.45, 2.75) is 39.5 Å². The summed E-state index contributed by atoms with van der Waals surface area (Å²) in [5.41, 5.74) is 1.02. The normalized spacial score (nSPS) is 14.8. The minimum atomic E-state index is -0.390. The van der Waals surface area contributed by atoms with Gasteiger partial charge in [-0.15, -0.1) is 0 Å². The third-order valence-corrected chi connectivity index (χ3v) is 5.15. The van der Waals surface area contributed by atoms with Crippen LogP contribution in [0.1, 0.15) is 38.7 Å². The summed E-state index contributed by atoms with van der Waals surface area (Å²) >= 11 is 0. The van der Waals surface area contributed by atoms with E-state index in [4.69, 9.17) is 13.9 Å². The Bertz CT molecular complexity index is 927. The number of benzene rings is 1. The maximum Gasteiger partial charge on any atom is 0.336 e. The molecule has 156 valence electrons. The first-order valence-electron chi connectivity index (χ1n) is 10.2. The number of rotatable bonds is 7. The van der Waals surface area contributed by atoms with Gasteiger partial charge in [-0.3, -0.25) is 9.59 Å². The number of carbonyl (C=O) groups excluding carboxylic acids is 2. The first-order valence-corrected chi connectivity index (χ1v) is 10.2. The highest BCUT2D eigenvalue weighted by Crippen LogP contribution is 2.24. The zero-order valence-corrected chi connectivity index (χ0v) is 16.9. The van der Waals surface area contributed by atoms with Crippen molar-refractivity contribution in [3.63, 3.8) is 0 Å². The van der Waals surface area contributed by atoms with Gasteiger partial charge in [0.15, 0.2) is 6.61 Å². The number of ether oxygens (including phenoxy) is 2. The molecule has 0 aliphatic carbocycles. The number of nitrogens with zero attached hydrogens (tertiary/aromatic N) is 1. The summed E-state index contributed by atoms with van der Waals surface area (Å²) in [6.45, 7) is 5.14. The van der Waals surface area contributed by atoms with E-state index in [1.165, 1.54) is 6.07 Å². The van der Waals surface area contributed by atoms with E-state index in [9.17, 15) is 14.4 Å². The van der Waals surface area contributed by atoms with Gasteiger partial charge in [-0.25, -0.2) is 4.79 Å². The van der Waals surface area contributed by atoms with Crippen molar-refractivity contribution in [1.82, 2.24) is 4.90 Å². The molecule has 0 bridgehead atoms. The third-order valence-electron chi connectivity index (χ3n) is 5.15. The van der Waals surface area contributed by atoms with E-state index in [0.29, 0.717) is 43.9 Å². The summed E-state index contributed by atoms with van der Waals surface area (Å²) in [7, 11) is 0. The van der Waals surface area contributed by atoms with E-state index < -0.39 is 5.63 Å². The molecule has 1 aliphatic rings. The Labute approximate surface area is 169 Å². The second kappa shape index (κ2) is 9.58. The maximum absolute atomic E-state index is 12.4. The summed E-state index contributed by atoms with van der Waals surface area (Å²) in [5.74, 6) is 0.0224. The van der Waals surface area contributed by atoms with Crippen LogP contribution in [0.15, 0.2) is 33.5 Å². The van der Waals surface area contributed by atoms with Crippen molar-refractivity contribution < 1.29 is 23.5 Å². The zero-order chi connectivity index (χ0) is 20.8. The Hall–Kier alpha value is -2.83. The van der Waals surface area contributed by atoms with Crippen LogP contribution in [-0.4, -0.2) is 43.1 Å². The quantitative estimate of drug-likeness (QED) is 0.524. The summed E-state index contributed by atoms with van der Waals surface area (Å²) < 4.78 is 16.0. The molecule has 1 amide bonds. The first kappa shape index (κ1) is 20.9. The molecule has 1 aliphatic heterocycles. The lowest BCUT2D eigenvalue weighted by Crippen LogP contribution is -2.42. The second-order valence-corrected chi connectivity index (χ2v) is 7.19. The average Bonchev–Trinajstić information content (AvgIpc) is 2.72. The number of amides is 1. The highest BCUT2D eigenvalue weighted by atomic mass is 16.5. The molecule has 1 fully saturated rings. The monoisotopic (exact) mass is 401 g/mol. The highest BCUT2D eigenvalue weighted by molar-refractivity contribution is 5.82. The van der Waals surface area contributed by atoms with E-state index in [1.807, 2.05) is 6.07 Å². The van der Waals surface area contributed by atoms with Crippen molar-refractivity contribution in [3.8, 4) is 5.75 Å². The third kappa shape index (κ3) is 5.16. The number of fused-ring (bicyclic) bond motifs is 1. The van der Waals surface area contributed by atoms with Crippen LogP contribution in [0.25, 0.3) is 11.0 Å². The molecule has 1 aromatic carbocycles. The predicted octanol–water partition coefficient (Wildman–Crippen LogP) is 2.93. The van der Waals surface area contributed by atoms with Crippen LogP contribution in [-0.2, 0) is 20.7 Å². The smallest absolute Gasteiger partial charge is 0.336 e. The van der Waals surface area contributed by atoms with Gasteiger partial charge < -0.3 is 18.8 Å². The number of likely N-dealkylation sites (tertiary alicyclic amines) is 1. The molecule has 3 rings (SSSR count). The Kier molecular flexibility index (Phi) is 6.90. The van der Waals surface area contributed by atoms with Crippen LogP contribution < -0.4 is 10.4 Å².